The summed E-state index contributed by atoms with van der Waals surface area (Å²) < 4.78 is 10.5. The fourth-order valence-electron chi connectivity index (χ4n) is 7.87. The van der Waals surface area contributed by atoms with Crippen molar-refractivity contribution in [3.05, 3.63) is 77.6 Å². The van der Waals surface area contributed by atoms with Gasteiger partial charge in [-0.05, 0) is 72.9 Å². The van der Waals surface area contributed by atoms with Crippen LogP contribution in [0.15, 0.2) is 60.9 Å². The van der Waals surface area contributed by atoms with Gasteiger partial charge in [0.05, 0.1) is 30.3 Å². The summed E-state index contributed by atoms with van der Waals surface area (Å²) in [5.74, 6) is 3.22. The number of pyridine rings is 1. The van der Waals surface area contributed by atoms with E-state index in [1.807, 2.05) is 41.1 Å². The van der Waals surface area contributed by atoms with Crippen LogP contribution in [0.1, 0.15) is 66.4 Å². The van der Waals surface area contributed by atoms with Crippen LogP contribution in [0.25, 0.3) is 33.5 Å². The highest BCUT2D eigenvalue weighted by atomic mass is 16.5. The Kier molecular flexibility index (Phi) is 7.93. The molecule has 9 heteroatoms. The van der Waals surface area contributed by atoms with Gasteiger partial charge in [0.2, 0.25) is 5.91 Å². The van der Waals surface area contributed by atoms with E-state index in [1.165, 1.54) is 35.7 Å². The van der Waals surface area contributed by atoms with Crippen LogP contribution < -0.4 is 4.74 Å². The monoisotopic (exact) mass is 644 g/mol. The Bertz CT molecular complexity index is 2000. The van der Waals surface area contributed by atoms with E-state index in [4.69, 9.17) is 9.72 Å². The molecule has 2 aromatic carbocycles. The van der Waals surface area contributed by atoms with Crippen LogP contribution in [-0.4, -0.2) is 74.0 Å². The van der Waals surface area contributed by atoms with E-state index in [9.17, 15) is 9.59 Å². The molecule has 5 aromatic rings. The zero-order chi connectivity index (χ0) is 32.9. The van der Waals surface area contributed by atoms with Gasteiger partial charge >= 0.3 is 0 Å². The number of aryl methyl sites for hydroxylation is 1. The molecule has 2 saturated heterocycles. The van der Waals surface area contributed by atoms with Crippen molar-refractivity contribution in [3.63, 3.8) is 0 Å². The maximum atomic E-state index is 13.7. The molecule has 3 aromatic heterocycles. The summed E-state index contributed by atoms with van der Waals surface area (Å²) in [5.41, 5.74) is 6.85. The number of fused-ring (bicyclic) bond motifs is 2. The second-order valence-corrected chi connectivity index (χ2v) is 14.1. The second-order valence-electron chi connectivity index (χ2n) is 14.1. The van der Waals surface area contributed by atoms with Crippen molar-refractivity contribution < 1.29 is 14.3 Å². The minimum absolute atomic E-state index is 0.0569. The summed E-state index contributed by atoms with van der Waals surface area (Å²) in [6, 6.07) is 16.5. The van der Waals surface area contributed by atoms with Gasteiger partial charge in [-0.25, -0.2) is 4.98 Å². The molecule has 0 spiro atoms. The third-order valence-electron chi connectivity index (χ3n) is 10.9. The summed E-state index contributed by atoms with van der Waals surface area (Å²) in [5, 5.41) is 1.19. The lowest BCUT2D eigenvalue weighted by Crippen LogP contribution is -2.49. The molecule has 0 N–H and O–H groups in total. The van der Waals surface area contributed by atoms with E-state index in [1.54, 1.807) is 19.5 Å². The van der Waals surface area contributed by atoms with Gasteiger partial charge in [-0.1, -0.05) is 37.6 Å². The van der Waals surface area contributed by atoms with E-state index >= 15 is 0 Å². The van der Waals surface area contributed by atoms with Crippen LogP contribution >= 0.6 is 0 Å². The number of imidazole rings is 1. The summed E-state index contributed by atoms with van der Waals surface area (Å²) in [7, 11) is 3.71. The first-order chi connectivity index (χ1) is 23.4. The van der Waals surface area contributed by atoms with Crippen molar-refractivity contribution in [2.45, 2.75) is 57.9 Å². The molecule has 248 valence electrons. The van der Waals surface area contributed by atoms with Gasteiger partial charge in [-0.3, -0.25) is 14.6 Å². The van der Waals surface area contributed by atoms with Gasteiger partial charge in [0.1, 0.15) is 11.3 Å². The summed E-state index contributed by atoms with van der Waals surface area (Å²) in [6.45, 7) is 6.19. The van der Waals surface area contributed by atoms with Gasteiger partial charge < -0.3 is 23.7 Å². The lowest BCUT2D eigenvalue weighted by atomic mass is 9.89. The molecular formula is C39H44N6O3. The predicted octanol–water partition coefficient (Wildman–Crippen LogP) is 6.44. The zero-order valence-corrected chi connectivity index (χ0v) is 28.2. The maximum Gasteiger partial charge on any atom is 0.254 e. The quantitative estimate of drug-likeness (QED) is 0.184. The van der Waals surface area contributed by atoms with Crippen LogP contribution in [0.3, 0.4) is 0 Å². The summed E-state index contributed by atoms with van der Waals surface area (Å²) in [4.78, 5) is 40.1. The molecule has 2 amide bonds. The fraction of sp³-hybridized carbons (Fsp3) is 0.436. The number of aromatic nitrogens is 4. The number of methoxy groups -OCH3 is 1. The molecule has 0 bridgehead atoms. The summed E-state index contributed by atoms with van der Waals surface area (Å²) in [6.07, 6.45) is 9.69. The first-order valence-corrected chi connectivity index (χ1v) is 17.5. The van der Waals surface area contributed by atoms with Crippen LogP contribution in [0, 0.1) is 11.8 Å². The minimum atomic E-state index is 0.0569. The maximum absolute atomic E-state index is 13.7. The second kappa shape index (κ2) is 12.4. The first-order valence-electron chi connectivity index (χ1n) is 17.5. The standard InChI is InChI=1S/C39H44N6O3/c1-4-25-9-7-15-43(21-25)39(47)29-17-32-37(34(19-29)48-3)42(2)38(41-32)33-18-28-10-5-11-31(36(28)45(33)22-26-12-13-26)30-23-44(24-30)35(46)16-27-8-6-14-40-20-27/h5-6,8,10-11,14,17-20,25-26,30H,4,7,9,12-13,15-16,21-24H2,1-3H3/t25-/m1/s1. The van der Waals surface area contributed by atoms with Crippen molar-refractivity contribution in [2.24, 2.45) is 18.9 Å². The minimum Gasteiger partial charge on any atom is -0.494 e. The molecule has 1 atom stereocenters. The molecule has 2 aliphatic heterocycles. The molecular weight excluding hydrogens is 600 g/mol. The van der Waals surface area contributed by atoms with Crippen molar-refractivity contribution in [2.75, 3.05) is 33.3 Å². The Balaban J connectivity index is 1.14. The number of piperidine rings is 1. The third-order valence-corrected chi connectivity index (χ3v) is 10.9. The highest BCUT2D eigenvalue weighted by Crippen LogP contribution is 2.41. The average Bonchev–Trinajstić information content (AvgIpc) is 3.75. The molecule has 48 heavy (non-hydrogen) atoms. The Morgan fingerprint density at radius 2 is 1.81 bits per heavy atom. The number of likely N-dealkylation sites (tertiary alicyclic amines) is 2. The number of para-hydroxylation sites is 1. The number of amides is 2. The summed E-state index contributed by atoms with van der Waals surface area (Å²) >= 11 is 0. The Labute approximate surface area is 281 Å². The smallest absolute Gasteiger partial charge is 0.254 e. The Morgan fingerprint density at radius 1 is 0.958 bits per heavy atom. The number of hydrogen-bond donors (Lipinski definition) is 0. The van der Waals surface area contributed by atoms with E-state index in [2.05, 4.69) is 45.3 Å². The number of ether oxygens (including phenoxy) is 1. The van der Waals surface area contributed by atoms with Gasteiger partial charge in [-0.15, -0.1) is 0 Å². The largest absolute Gasteiger partial charge is 0.494 e. The molecule has 9 nitrogen and oxygen atoms in total. The molecule has 5 heterocycles. The SMILES string of the molecule is CC[C@@H]1CCCN(C(=O)c2cc(OC)c3c(c2)nc(-c2cc4cccc(C5CN(C(=O)Cc6cccnc6)C5)c4n2CC2CC2)n3C)C1. The van der Waals surface area contributed by atoms with E-state index in [0.717, 1.165) is 73.7 Å². The Hall–Kier alpha value is -4.66. The fourth-order valence-corrected chi connectivity index (χ4v) is 7.87. The van der Waals surface area contributed by atoms with Gasteiger partial charge in [-0.2, -0.15) is 0 Å². The van der Waals surface area contributed by atoms with Crippen molar-refractivity contribution >= 4 is 33.8 Å². The van der Waals surface area contributed by atoms with E-state index in [-0.39, 0.29) is 17.7 Å². The average molecular weight is 645 g/mol. The zero-order valence-electron chi connectivity index (χ0n) is 28.2. The number of benzene rings is 2. The Morgan fingerprint density at radius 3 is 2.56 bits per heavy atom. The molecule has 0 radical (unpaired) electrons. The predicted molar refractivity (Wildman–Crippen MR) is 187 cm³/mol. The van der Waals surface area contributed by atoms with E-state index < -0.39 is 0 Å². The number of nitrogens with zero attached hydrogens (tertiary/aromatic N) is 6. The number of carbonyl (C=O) groups excluding carboxylic acids is 2. The van der Waals surface area contributed by atoms with Gasteiger partial charge in [0.25, 0.3) is 5.91 Å². The molecule has 1 saturated carbocycles. The molecule has 3 aliphatic rings. The normalized spacial score (nSPS) is 18.4. The van der Waals surface area contributed by atoms with Gasteiger partial charge in [0.15, 0.2) is 5.82 Å². The van der Waals surface area contributed by atoms with Crippen LogP contribution in [0.2, 0.25) is 0 Å². The van der Waals surface area contributed by atoms with Crippen LogP contribution in [-0.2, 0) is 24.8 Å². The number of hydrogen-bond acceptors (Lipinski definition) is 5. The number of rotatable bonds is 9. The van der Waals surface area contributed by atoms with Crippen molar-refractivity contribution in [1.82, 2.24) is 28.9 Å². The van der Waals surface area contributed by atoms with Gasteiger partial charge in [0, 0.05) is 69.0 Å². The third kappa shape index (κ3) is 5.53. The lowest BCUT2D eigenvalue weighted by Gasteiger charge is -2.40. The molecule has 3 fully saturated rings. The van der Waals surface area contributed by atoms with Crippen LogP contribution in [0.4, 0.5) is 0 Å². The van der Waals surface area contributed by atoms with Crippen LogP contribution in [0.5, 0.6) is 5.75 Å². The lowest BCUT2D eigenvalue weighted by molar-refractivity contribution is -0.134. The highest BCUT2D eigenvalue weighted by Gasteiger charge is 2.35. The molecule has 1 aliphatic carbocycles. The first kappa shape index (κ1) is 30.7. The molecule has 0 unspecified atom stereocenters. The molecule has 8 rings (SSSR count). The number of carbonyl (C=O) groups is 2. The van der Waals surface area contributed by atoms with Crippen molar-refractivity contribution in [1.29, 1.82) is 0 Å². The van der Waals surface area contributed by atoms with Crippen molar-refractivity contribution in [3.8, 4) is 17.3 Å². The highest BCUT2D eigenvalue weighted by molar-refractivity contribution is 6.00. The van der Waals surface area contributed by atoms with E-state index in [0.29, 0.717) is 29.6 Å². The topological polar surface area (TPSA) is 85.5 Å².